The van der Waals surface area contributed by atoms with Crippen LogP contribution in [0.25, 0.3) is 0 Å². The minimum absolute atomic E-state index is 0.000000236. The van der Waals surface area contributed by atoms with Crippen molar-refractivity contribution in [2.75, 3.05) is 13.6 Å². The number of hydrogen-bond acceptors (Lipinski definition) is 5. The Hall–Kier alpha value is -4.81. The van der Waals surface area contributed by atoms with Gasteiger partial charge in [0, 0.05) is 30.8 Å². The third-order valence-electron chi connectivity index (χ3n) is 8.78. The van der Waals surface area contributed by atoms with Crippen molar-refractivity contribution >= 4 is 11.8 Å². The monoisotopic (exact) mass is 664 g/mol. The quantitative estimate of drug-likeness (QED) is 0.153. The molecule has 12 heteroatoms. The molecule has 1 aliphatic rings. The van der Waals surface area contributed by atoms with Gasteiger partial charge in [0.15, 0.2) is 0 Å². The molecule has 1 aromatic heterocycles. The molecule has 2 amide bonds. The van der Waals surface area contributed by atoms with Gasteiger partial charge in [-0.1, -0.05) is 60.7 Å². The molecule has 3 aromatic carbocycles. The van der Waals surface area contributed by atoms with Gasteiger partial charge in [-0.15, -0.1) is 0 Å². The maximum Gasteiger partial charge on any atom is 0.416 e. The fraction of sp³-hybridized carbons (Fsp3) is 0.306. The lowest BCUT2D eigenvalue weighted by Gasteiger charge is -2.28. The van der Waals surface area contributed by atoms with Crippen LogP contribution in [0.15, 0.2) is 95.8 Å². The highest BCUT2D eigenvalue weighted by atomic mass is 19.4. The van der Waals surface area contributed by atoms with Gasteiger partial charge in [0.25, 0.3) is 11.8 Å². The van der Waals surface area contributed by atoms with E-state index in [1.54, 1.807) is 31.3 Å². The minimum Gasteiger partial charge on any atom is -0.390 e. The van der Waals surface area contributed by atoms with Crippen LogP contribution in [0.1, 0.15) is 68.9 Å². The summed E-state index contributed by atoms with van der Waals surface area (Å²) in [5.74, 6) is -2.24. The Kier molecular flexibility index (Phi) is 10.2. The van der Waals surface area contributed by atoms with Gasteiger partial charge in [-0.25, -0.2) is 4.39 Å². The number of halogens is 4. The van der Waals surface area contributed by atoms with Gasteiger partial charge in [0.05, 0.1) is 23.8 Å². The van der Waals surface area contributed by atoms with E-state index in [1.807, 2.05) is 43.3 Å². The minimum atomic E-state index is -4.73. The number of carbonyl (C=O) groups excluding carboxylic acids is 2. The maximum atomic E-state index is 14.2. The molecule has 5 rings (SSSR count). The van der Waals surface area contributed by atoms with E-state index in [1.165, 1.54) is 11.0 Å². The zero-order valence-electron chi connectivity index (χ0n) is 26.4. The number of amides is 2. The van der Waals surface area contributed by atoms with Crippen LogP contribution < -0.4 is 16.2 Å². The topological polar surface area (TPSA) is 115 Å². The molecule has 0 bridgehead atoms. The number of pyridine rings is 1. The summed E-state index contributed by atoms with van der Waals surface area (Å²) in [5, 5.41) is 17.2. The number of alkyl halides is 3. The van der Waals surface area contributed by atoms with E-state index >= 15 is 0 Å². The molecular formula is C36H36F4N4O4. The molecule has 0 aliphatic heterocycles. The van der Waals surface area contributed by atoms with Crippen molar-refractivity contribution in [1.82, 2.24) is 20.5 Å². The second-order valence-electron chi connectivity index (χ2n) is 12.2. The number of aliphatic hydroxyl groups excluding tert-OH is 1. The van der Waals surface area contributed by atoms with Gasteiger partial charge >= 0.3 is 6.18 Å². The van der Waals surface area contributed by atoms with Gasteiger partial charge < -0.3 is 25.6 Å². The van der Waals surface area contributed by atoms with Crippen molar-refractivity contribution in [1.29, 1.82) is 0 Å². The standard InChI is InChI=1S/C36H36F4N4O4/c1-22(24-11-7-4-8-12-24)44(2)34(48)25-16-30(42-32(46)17-25)33(47)43-29(15-23-9-5-3-6-10-23)31(45)21-41-35(13-14-35)26-18-27(36(38,39)40)20-28(37)19-26/h3-12,16-20,22,29,31,41,45H,13-15,21H2,1-2H3,(H,42,46)(H,43,47)/t22-,29+,31-/m1/s1. The number of benzene rings is 3. The Labute approximate surface area is 274 Å². The maximum absolute atomic E-state index is 14.2. The molecule has 252 valence electrons. The molecule has 4 aromatic rings. The van der Waals surface area contributed by atoms with Crippen LogP contribution in [0, 0.1) is 5.82 Å². The van der Waals surface area contributed by atoms with Crippen molar-refractivity contribution in [3.8, 4) is 0 Å². The largest absolute Gasteiger partial charge is 0.416 e. The Bertz CT molecular complexity index is 1810. The van der Waals surface area contributed by atoms with Gasteiger partial charge in [0.2, 0.25) is 5.56 Å². The Morgan fingerprint density at radius 3 is 2.25 bits per heavy atom. The SMILES string of the molecule is C[C@H](c1ccccc1)N(C)C(=O)c1cc(C(=O)N[C@@H](Cc2ccccc2)[C@H](O)CNC2(c3cc(F)cc(C(F)(F)F)c3)CC2)[nH]c(=O)c1. The van der Waals surface area contributed by atoms with Crippen molar-refractivity contribution in [3.63, 3.8) is 0 Å². The number of carbonyl (C=O) groups is 2. The third-order valence-corrected chi connectivity index (χ3v) is 8.78. The lowest BCUT2D eigenvalue weighted by Crippen LogP contribution is -2.50. The Morgan fingerprint density at radius 1 is 0.979 bits per heavy atom. The number of nitrogens with one attached hydrogen (secondary N) is 3. The number of H-pyrrole nitrogens is 1. The first-order valence-electron chi connectivity index (χ1n) is 15.5. The van der Waals surface area contributed by atoms with Crippen LogP contribution in [-0.4, -0.2) is 52.5 Å². The second-order valence-corrected chi connectivity index (χ2v) is 12.2. The summed E-state index contributed by atoms with van der Waals surface area (Å²) >= 11 is 0. The van der Waals surface area contributed by atoms with Gasteiger partial charge in [0.1, 0.15) is 11.5 Å². The normalized spacial score (nSPS) is 15.6. The highest BCUT2D eigenvalue weighted by Crippen LogP contribution is 2.47. The molecule has 0 saturated heterocycles. The second kappa shape index (κ2) is 14.1. The first-order valence-corrected chi connectivity index (χ1v) is 15.5. The smallest absolute Gasteiger partial charge is 0.390 e. The molecule has 1 heterocycles. The molecule has 0 unspecified atom stereocenters. The van der Waals surface area contributed by atoms with Crippen LogP contribution in [0.2, 0.25) is 0 Å². The van der Waals surface area contributed by atoms with E-state index in [0.29, 0.717) is 18.9 Å². The lowest BCUT2D eigenvalue weighted by molar-refractivity contribution is -0.137. The van der Waals surface area contributed by atoms with Crippen LogP contribution in [0.4, 0.5) is 17.6 Å². The van der Waals surface area contributed by atoms with Crippen molar-refractivity contribution in [2.45, 2.75) is 56.1 Å². The first kappa shape index (κ1) is 34.5. The predicted molar refractivity (Wildman–Crippen MR) is 172 cm³/mol. The summed E-state index contributed by atoms with van der Waals surface area (Å²) in [7, 11) is 1.60. The van der Waals surface area contributed by atoms with E-state index < -0.39 is 52.6 Å². The number of rotatable bonds is 12. The van der Waals surface area contributed by atoms with E-state index in [0.717, 1.165) is 29.3 Å². The Morgan fingerprint density at radius 2 is 1.62 bits per heavy atom. The molecule has 1 aliphatic carbocycles. The van der Waals surface area contributed by atoms with E-state index in [-0.39, 0.29) is 35.8 Å². The van der Waals surface area contributed by atoms with E-state index in [9.17, 15) is 37.1 Å². The number of hydrogen-bond donors (Lipinski definition) is 4. The summed E-state index contributed by atoms with van der Waals surface area (Å²) in [6, 6.07) is 21.8. The van der Waals surface area contributed by atoms with Gasteiger partial charge in [-0.05, 0) is 67.1 Å². The first-order chi connectivity index (χ1) is 22.8. The number of aromatic amines is 1. The summed E-state index contributed by atoms with van der Waals surface area (Å²) < 4.78 is 54.3. The highest BCUT2D eigenvalue weighted by Gasteiger charge is 2.46. The number of aromatic nitrogens is 1. The fourth-order valence-electron chi connectivity index (χ4n) is 5.69. The van der Waals surface area contributed by atoms with Gasteiger partial charge in [-0.3, -0.25) is 14.4 Å². The summed E-state index contributed by atoms with van der Waals surface area (Å²) in [6.07, 6.45) is -4.96. The zero-order chi connectivity index (χ0) is 34.6. The third kappa shape index (κ3) is 8.18. The average molecular weight is 665 g/mol. The van der Waals surface area contributed by atoms with Crippen LogP contribution in [0.5, 0.6) is 0 Å². The molecule has 3 atom stereocenters. The van der Waals surface area contributed by atoms with E-state index in [4.69, 9.17) is 0 Å². The van der Waals surface area contributed by atoms with Crippen LogP contribution in [0.3, 0.4) is 0 Å². The zero-order valence-corrected chi connectivity index (χ0v) is 26.4. The van der Waals surface area contributed by atoms with Crippen molar-refractivity contribution < 1.29 is 32.3 Å². The average Bonchev–Trinajstić information content (AvgIpc) is 3.87. The number of nitrogens with zero attached hydrogens (tertiary/aromatic N) is 1. The molecule has 0 spiro atoms. The molecule has 48 heavy (non-hydrogen) atoms. The molecule has 1 saturated carbocycles. The van der Waals surface area contributed by atoms with Gasteiger partial charge in [-0.2, -0.15) is 13.2 Å². The summed E-state index contributed by atoms with van der Waals surface area (Å²) in [5.41, 5.74) is -1.15. The summed E-state index contributed by atoms with van der Waals surface area (Å²) in [4.78, 5) is 43.4. The lowest BCUT2D eigenvalue weighted by atomic mass is 9.98. The molecule has 4 N–H and O–H groups in total. The van der Waals surface area contributed by atoms with E-state index in [2.05, 4.69) is 15.6 Å². The van der Waals surface area contributed by atoms with Crippen LogP contribution >= 0.6 is 0 Å². The van der Waals surface area contributed by atoms with Crippen LogP contribution in [-0.2, 0) is 18.1 Å². The molecule has 1 fully saturated rings. The van der Waals surface area contributed by atoms with Crippen molar-refractivity contribution in [2.24, 2.45) is 0 Å². The summed E-state index contributed by atoms with van der Waals surface area (Å²) in [6.45, 7) is 1.69. The number of aliphatic hydroxyl groups is 1. The molecule has 8 nitrogen and oxygen atoms in total. The highest BCUT2D eigenvalue weighted by molar-refractivity contribution is 5.98. The molecule has 0 radical (unpaired) electrons. The Balaban J connectivity index is 1.34. The fourth-order valence-corrected chi connectivity index (χ4v) is 5.69. The predicted octanol–water partition coefficient (Wildman–Crippen LogP) is 5.35. The molecular weight excluding hydrogens is 628 g/mol. The van der Waals surface area contributed by atoms with Crippen molar-refractivity contribution in [3.05, 3.63) is 141 Å².